The van der Waals surface area contributed by atoms with Gasteiger partial charge in [-0.1, -0.05) is 18.2 Å². The van der Waals surface area contributed by atoms with Crippen LogP contribution in [-0.4, -0.2) is 54.7 Å². The topological polar surface area (TPSA) is 125 Å². The van der Waals surface area contributed by atoms with Gasteiger partial charge in [-0.05, 0) is 61.8 Å². The number of fused-ring (bicyclic) bond motifs is 2. The molecule has 2 aliphatic heterocycles. The molecule has 4 rings (SSSR count). The van der Waals surface area contributed by atoms with Crippen LogP contribution in [0.2, 0.25) is 0 Å². The molecule has 1 amide bonds. The Labute approximate surface area is 220 Å². The second-order valence-electron chi connectivity index (χ2n) is 9.44. The van der Waals surface area contributed by atoms with Crippen LogP contribution in [0.25, 0.3) is 6.08 Å². The second-order valence-corrected chi connectivity index (χ2v) is 11.0. The molecule has 0 spiro atoms. The summed E-state index contributed by atoms with van der Waals surface area (Å²) < 4.78 is 49.7. The molecule has 2 aromatic rings. The van der Waals surface area contributed by atoms with Crippen molar-refractivity contribution < 1.29 is 31.3 Å². The largest absolute Gasteiger partial charge is 0.449 e. The first-order valence-electron chi connectivity index (χ1n) is 12.5. The fraction of sp³-hybridized carbons (Fsp3) is 0.462. The van der Waals surface area contributed by atoms with Gasteiger partial charge in [-0.25, -0.2) is 14.2 Å². The molecular weight excluding hydrogens is 517 g/mol. The molecule has 2 aliphatic rings. The van der Waals surface area contributed by atoms with Crippen LogP contribution in [0, 0.1) is 5.82 Å². The molecule has 1 aromatic carbocycles. The van der Waals surface area contributed by atoms with Crippen LogP contribution in [0.5, 0.6) is 5.75 Å². The zero-order valence-electron chi connectivity index (χ0n) is 21.3. The number of ether oxygens (including phenoxy) is 1. The molecule has 1 unspecified atom stereocenters. The first-order chi connectivity index (χ1) is 18.0. The normalized spacial score (nSPS) is 20.1. The number of nitrogens with zero attached hydrogens (tertiary/aromatic N) is 3. The lowest BCUT2D eigenvalue weighted by Gasteiger charge is -2.27. The Hall–Kier alpha value is -3.54. The SMILES string of the molecule is CN1C(=O)OCCC/C=C/c2cc(F)ccc2CCC(=O)c2nc3n(c(=O)c2OS(C)(=O)=O)CCCCC31. The molecule has 1 atom stereocenters. The predicted molar refractivity (Wildman–Crippen MR) is 137 cm³/mol. The molecule has 0 radical (unpaired) electrons. The van der Waals surface area contributed by atoms with E-state index in [1.165, 1.54) is 28.6 Å². The van der Waals surface area contributed by atoms with Gasteiger partial charge in [-0.15, -0.1) is 0 Å². The number of carbonyl (C=O) groups excluding carboxylic acids is 2. The fourth-order valence-electron chi connectivity index (χ4n) is 4.66. The molecule has 0 N–H and O–H groups in total. The number of amides is 1. The van der Waals surface area contributed by atoms with Gasteiger partial charge in [0, 0.05) is 20.0 Å². The standard InChI is InChI=1S/C26H30FN3O7S/c1-29-20-9-5-6-14-30-24(20)28-22(23(25(30)32)37-38(2,34)35)21(31)13-11-17-10-12-19(27)16-18(17)8-4-3-7-15-36-26(29)33/h4,8,10,12,16,20H,3,5-7,9,11,13-15H2,1-2H3/b8-4+. The van der Waals surface area contributed by atoms with Crippen molar-refractivity contribution in [2.45, 2.75) is 57.5 Å². The summed E-state index contributed by atoms with van der Waals surface area (Å²) in [7, 11) is -2.62. The second kappa shape index (κ2) is 11.5. The number of allylic oxidation sites excluding steroid dienone is 1. The van der Waals surface area contributed by atoms with Crippen molar-refractivity contribution in [3.05, 3.63) is 63.1 Å². The number of hydrogen-bond acceptors (Lipinski definition) is 8. The van der Waals surface area contributed by atoms with E-state index in [0.717, 1.165) is 6.26 Å². The van der Waals surface area contributed by atoms with Crippen molar-refractivity contribution in [1.82, 2.24) is 14.5 Å². The van der Waals surface area contributed by atoms with Gasteiger partial charge in [0.15, 0.2) is 11.5 Å². The molecular formula is C26H30FN3O7S. The number of Topliss-reactive ketones (excluding diaryl/α,β-unsaturated/α-hetero) is 1. The smallest absolute Gasteiger partial charge is 0.410 e. The van der Waals surface area contributed by atoms with Crippen molar-refractivity contribution in [2.24, 2.45) is 0 Å². The summed E-state index contributed by atoms with van der Waals surface area (Å²) in [4.78, 5) is 45.6. The molecule has 12 heteroatoms. The molecule has 0 saturated heterocycles. The minimum atomic E-state index is -4.16. The van der Waals surface area contributed by atoms with Gasteiger partial charge in [0.1, 0.15) is 11.6 Å². The van der Waals surface area contributed by atoms with E-state index >= 15 is 0 Å². The number of aryl methyl sites for hydroxylation is 1. The van der Waals surface area contributed by atoms with Crippen molar-refractivity contribution in [2.75, 3.05) is 19.9 Å². The van der Waals surface area contributed by atoms with Crippen LogP contribution < -0.4 is 9.74 Å². The highest BCUT2D eigenvalue weighted by Crippen LogP contribution is 2.30. The highest BCUT2D eigenvalue weighted by atomic mass is 32.2. The zero-order valence-corrected chi connectivity index (χ0v) is 22.1. The summed E-state index contributed by atoms with van der Waals surface area (Å²) in [5.74, 6) is -1.53. The van der Waals surface area contributed by atoms with Gasteiger partial charge < -0.3 is 13.8 Å². The molecule has 2 bridgehead atoms. The monoisotopic (exact) mass is 547 g/mol. The van der Waals surface area contributed by atoms with Crippen LogP contribution >= 0.6 is 0 Å². The van der Waals surface area contributed by atoms with Crippen LogP contribution in [0.1, 0.15) is 72.0 Å². The van der Waals surface area contributed by atoms with Crippen LogP contribution in [0.4, 0.5) is 9.18 Å². The lowest BCUT2D eigenvalue weighted by atomic mass is 9.99. The fourth-order valence-corrected chi connectivity index (χ4v) is 5.11. The lowest BCUT2D eigenvalue weighted by molar-refractivity contribution is 0.0921. The van der Waals surface area contributed by atoms with Crippen LogP contribution in [-0.2, 0) is 27.8 Å². The number of aromatic nitrogens is 2. The maximum atomic E-state index is 13.9. The third-order valence-electron chi connectivity index (χ3n) is 6.59. The Morgan fingerprint density at radius 3 is 2.68 bits per heavy atom. The van der Waals surface area contributed by atoms with E-state index in [0.29, 0.717) is 43.2 Å². The van der Waals surface area contributed by atoms with Crippen molar-refractivity contribution in [1.29, 1.82) is 0 Å². The van der Waals surface area contributed by atoms with Crippen molar-refractivity contribution >= 4 is 28.1 Å². The average Bonchev–Trinajstić information content (AvgIpc) is 3.07. The van der Waals surface area contributed by atoms with E-state index in [1.807, 2.05) is 6.08 Å². The van der Waals surface area contributed by atoms with E-state index in [-0.39, 0.29) is 31.8 Å². The van der Waals surface area contributed by atoms with Gasteiger partial charge >= 0.3 is 16.2 Å². The Balaban J connectivity index is 1.86. The molecule has 10 nitrogen and oxygen atoms in total. The summed E-state index contributed by atoms with van der Waals surface area (Å²) in [5, 5.41) is 0. The third kappa shape index (κ3) is 6.29. The molecule has 0 saturated carbocycles. The Kier molecular flexibility index (Phi) is 8.29. The average molecular weight is 548 g/mol. The Morgan fingerprint density at radius 1 is 1.13 bits per heavy atom. The predicted octanol–water partition coefficient (Wildman–Crippen LogP) is 3.64. The van der Waals surface area contributed by atoms with Crippen LogP contribution in [0.3, 0.4) is 0 Å². The van der Waals surface area contributed by atoms with Crippen molar-refractivity contribution in [3.8, 4) is 5.75 Å². The number of halogens is 1. The first-order valence-corrected chi connectivity index (χ1v) is 14.3. The van der Waals surface area contributed by atoms with E-state index in [4.69, 9.17) is 8.92 Å². The van der Waals surface area contributed by atoms with Gasteiger partial charge in [-0.2, -0.15) is 8.42 Å². The molecule has 3 heterocycles. The molecule has 204 valence electrons. The number of ketones is 1. The van der Waals surface area contributed by atoms with E-state index < -0.39 is 50.9 Å². The Morgan fingerprint density at radius 2 is 1.92 bits per heavy atom. The highest BCUT2D eigenvalue weighted by Gasteiger charge is 2.33. The van der Waals surface area contributed by atoms with Gasteiger partial charge in [0.25, 0.3) is 5.56 Å². The molecule has 1 aromatic heterocycles. The number of carbonyl (C=O) groups is 2. The van der Waals surface area contributed by atoms with Gasteiger partial charge in [0.2, 0.25) is 5.75 Å². The quantitative estimate of drug-likeness (QED) is 0.522. The number of benzene rings is 1. The summed E-state index contributed by atoms with van der Waals surface area (Å²) in [6, 6.07) is 3.56. The van der Waals surface area contributed by atoms with Crippen LogP contribution in [0.15, 0.2) is 29.1 Å². The minimum Gasteiger partial charge on any atom is -0.449 e. The van der Waals surface area contributed by atoms with E-state index in [9.17, 15) is 27.2 Å². The molecule has 0 fully saturated rings. The zero-order chi connectivity index (χ0) is 27.4. The van der Waals surface area contributed by atoms with E-state index in [2.05, 4.69) is 4.98 Å². The summed E-state index contributed by atoms with van der Waals surface area (Å²) >= 11 is 0. The Bertz CT molecular complexity index is 1440. The van der Waals surface area contributed by atoms with Gasteiger partial charge in [0.05, 0.1) is 18.9 Å². The lowest BCUT2D eigenvalue weighted by Crippen LogP contribution is -2.37. The molecule has 38 heavy (non-hydrogen) atoms. The number of cyclic esters (lactones) is 1. The summed E-state index contributed by atoms with van der Waals surface area (Å²) in [6.45, 7) is 0.376. The highest BCUT2D eigenvalue weighted by molar-refractivity contribution is 7.86. The van der Waals surface area contributed by atoms with E-state index in [1.54, 1.807) is 12.1 Å². The van der Waals surface area contributed by atoms with Gasteiger partial charge in [-0.3, -0.25) is 14.2 Å². The third-order valence-corrected chi connectivity index (χ3v) is 7.06. The summed E-state index contributed by atoms with van der Waals surface area (Å²) in [6.07, 6.45) is 6.67. The van der Waals surface area contributed by atoms with Crippen molar-refractivity contribution in [3.63, 3.8) is 0 Å². The maximum Gasteiger partial charge on any atom is 0.410 e. The number of rotatable bonds is 2. The maximum absolute atomic E-state index is 13.9. The molecule has 0 aliphatic carbocycles. The first kappa shape index (κ1) is 27.5. The number of hydrogen-bond donors (Lipinski definition) is 0. The summed E-state index contributed by atoms with van der Waals surface area (Å²) in [5.41, 5.74) is 0.0625. The minimum absolute atomic E-state index is 0.134.